The molecule has 0 aromatic heterocycles. The minimum absolute atomic E-state index is 0.0822. The smallest absolute Gasteiger partial charge is 0.327 e. The summed E-state index contributed by atoms with van der Waals surface area (Å²) in [6, 6.07) is 19.3. The second kappa shape index (κ2) is 14.3. The van der Waals surface area contributed by atoms with Crippen LogP contribution in [0.5, 0.6) is 0 Å². The van der Waals surface area contributed by atoms with E-state index in [0.717, 1.165) is 11.1 Å². The predicted molar refractivity (Wildman–Crippen MR) is 135 cm³/mol. The van der Waals surface area contributed by atoms with E-state index >= 15 is 0 Å². The zero-order valence-corrected chi connectivity index (χ0v) is 21.2. The molecule has 2 unspecified atom stereocenters. The summed E-state index contributed by atoms with van der Waals surface area (Å²) in [6.07, 6.45) is 0.0767. The van der Waals surface area contributed by atoms with Crippen LogP contribution in [-0.4, -0.2) is 36.7 Å². The third-order valence-corrected chi connectivity index (χ3v) is 6.31. The highest BCUT2D eigenvalue weighted by molar-refractivity contribution is 6.01. The van der Waals surface area contributed by atoms with Crippen LogP contribution in [0.25, 0.3) is 0 Å². The SMILES string of the molecule is NC(OC(=O)CCCc1ccccc1)OC(=O)C1(C(=O)OC(N)OC(=O)CCCc2ccccc2)CCC1. The van der Waals surface area contributed by atoms with Gasteiger partial charge in [0.05, 0.1) is 0 Å². The molecule has 204 valence electrons. The Bertz CT molecular complexity index is 991. The standard InChI is InChI=1S/C28H34N2O8/c29-26(35-22(31)16-7-14-20-10-3-1-4-11-20)37-24(33)28(18-9-19-28)25(34)38-27(30)36-23(32)17-8-15-21-12-5-2-6-13-21/h1-6,10-13,26-27H,7-9,14-19,29-30H2. The van der Waals surface area contributed by atoms with Gasteiger partial charge in [0.2, 0.25) is 0 Å². The molecule has 2 aromatic carbocycles. The minimum atomic E-state index is -1.67. The number of carbonyl (C=O) groups excluding carboxylic acids is 4. The Balaban J connectivity index is 1.38. The van der Waals surface area contributed by atoms with Crippen LogP contribution in [0.3, 0.4) is 0 Å². The molecule has 4 N–H and O–H groups in total. The molecule has 1 saturated carbocycles. The van der Waals surface area contributed by atoms with E-state index in [4.69, 9.17) is 30.4 Å². The second-order valence-corrected chi connectivity index (χ2v) is 9.14. The summed E-state index contributed by atoms with van der Waals surface area (Å²) in [5.74, 6) is -3.24. The van der Waals surface area contributed by atoms with Crippen molar-refractivity contribution >= 4 is 23.9 Å². The summed E-state index contributed by atoms with van der Waals surface area (Å²) in [6.45, 7) is 0. The largest absolute Gasteiger partial charge is 0.411 e. The van der Waals surface area contributed by atoms with E-state index in [9.17, 15) is 19.2 Å². The number of esters is 4. The number of rotatable bonds is 14. The molecule has 0 spiro atoms. The molecule has 1 fully saturated rings. The number of aryl methyl sites for hydroxylation is 2. The van der Waals surface area contributed by atoms with E-state index in [-0.39, 0.29) is 25.7 Å². The number of hydrogen-bond acceptors (Lipinski definition) is 10. The lowest BCUT2D eigenvalue weighted by Crippen LogP contribution is -2.51. The van der Waals surface area contributed by atoms with Crippen LogP contribution in [0, 0.1) is 5.41 Å². The van der Waals surface area contributed by atoms with E-state index < -0.39 is 42.1 Å². The molecule has 0 bridgehead atoms. The van der Waals surface area contributed by atoms with Crippen LogP contribution in [0.4, 0.5) is 0 Å². The zero-order valence-electron chi connectivity index (χ0n) is 21.2. The Morgan fingerprint density at radius 2 is 1.05 bits per heavy atom. The first-order valence-corrected chi connectivity index (χ1v) is 12.7. The van der Waals surface area contributed by atoms with E-state index in [1.165, 1.54) is 0 Å². The van der Waals surface area contributed by atoms with Crippen LogP contribution in [0.2, 0.25) is 0 Å². The third-order valence-electron chi connectivity index (χ3n) is 6.31. The maximum Gasteiger partial charge on any atom is 0.327 e. The van der Waals surface area contributed by atoms with Gasteiger partial charge in [-0.1, -0.05) is 60.7 Å². The number of nitrogens with two attached hydrogens (primary N) is 2. The molecule has 2 atom stereocenters. The van der Waals surface area contributed by atoms with Gasteiger partial charge in [-0.05, 0) is 56.1 Å². The van der Waals surface area contributed by atoms with Crippen molar-refractivity contribution in [2.24, 2.45) is 16.9 Å². The van der Waals surface area contributed by atoms with E-state index in [0.29, 0.717) is 32.1 Å². The lowest BCUT2D eigenvalue weighted by Gasteiger charge is -2.37. The van der Waals surface area contributed by atoms with Crippen molar-refractivity contribution in [1.82, 2.24) is 0 Å². The molecular formula is C28H34N2O8. The molecule has 0 aliphatic heterocycles. The van der Waals surface area contributed by atoms with Crippen molar-refractivity contribution in [2.45, 2.75) is 70.6 Å². The minimum Gasteiger partial charge on any atom is -0.411 e. The predicted octanol–water partition coefficient (Wildman–Crippen LogP) is 2.86. The third kappa shape index (κ3) is 8.67. The van der Waals surface area contributed by atoms with Crippen LogP contribution in [0.1, 0.15) is 56.1 Å². The van der Waals surface area contributed by atoms with Crippen LogP contribution in [0.15, 0.2) is 60.7 Å². The summed E-state index contributed by atoms with van der Waals surface area (Å²) in [4.78, 5) is 49.5. The number of ether oxygens (including phenoxy) is 4. The normalized spacial score (nSPS) is 15.3. The molecule has 2 aromatic rings. The first kappa shape index (κ1) is 28.8. The average molecular weight is 527 g/mol. The first-order valence-electron chi connectivity index (χ1n) is 12.7. The summed E-state index contributed by atoms with van der Waals surface area (Å²) < 4.78 is 19.9. The molecular weight excluding hydrogens is 492 g/mol. The van der Waals surface area contributed by atoms with Crippen LogP contribution >= 0.6 is 0 Å². The summed E-state index contributed by atoms with van der Waals surface area (Å²) in [5, 5.41) is 0. The van der Waals surface area contributed by atoms with Gasteiger partial charge in [-0.15, -0.1) is 0 Å². The van der Waals surface area contributed by atoms with Crippen LogP contribution in [-0.2, 0) is 51.0 Å². The fraction of sp³-hybridized carbons (Fsp3) is 0.429. The molecule has 10 nitrogen and oxygen atoms in total. The summed E-state index contributed by atoms with van der Waals surface area (Å²) in [5.41, 5.74) is 11.8. The Labute approximate surface area is 221 Å². The average Bonchev–Trinajstić information content (AvgIpc) is 2.84. The second-order valence-electron chi connectivity index (χ2n) is 9.14. The van der Waals surface area contributed by atoms with Gasteiger partial charge in [0.15, 0.2) is 5.41 Å². The monoisotopic (exact) mass is 526 g/mol. The number of benzene rings is 2. The fourth-order valence-corrected chi connectivity index (χ4v) is 4.05. The topological polar surface area (TPSA) is 157 Å². The highest BCUT2D eigenvalue weighted by atomic mass is 16.7. The Morgan fingerprint density at radius 3 is 1.39 bits per heavy atom. The van der Waals surface area contributed by atoms with Gasteiger partial charge >= 0.3 is 36.7 Å². The molecule has 3 rings (SSSR count). The van der Waals surface area contributed by atoms with Crippen molar-refractivity contribution in [3.63, 3.8) is 0 Å². The Hall–Kier alpha value is -3.76. The maximum atomic E-state index is 12.7. The van der Waals surface area contributed by atoms with Gasteiger partial charge in [0, 0.05) is 12.8 Å². The maximum absolute atomic E-state index is 12.7. The van der Waals surface area contributed by atoms with Crippen LogP contribution < -0.4 is 11.5 Å². The van der Waals surface area contributed by atoms with Gasteiger partial charge in [0.25, 0.3) is 0 Å². The van der Waals surface area contributed by atoms with E-state index in [1.54, 1.807) is 0 Å². The van der Waals surface area contributed by atoms with Crippen molar-refractivity contribution in [2.75, 3.05) is 0 Å². The van der Waals surface area contributed by atoms with E-state index in [2.05, 4.69) is 0 Å². The van der Waals surface area contributed by atoms with Crippen molar-refractivity contribution in [3.8, 4) is 0 Å². The fourth-order valence-electron chi connectivity index (χ4n) is 4.05. The molecule has 0 amide bonds. The molecule has 1 aliphatic rings. The molecule has 0 radical (unpaired) electrons. The molecule has 0 saturated heterocycles. The zero-order chi connectivity index (χ0) is 27.4. The summed E-state index contributed by atoms with van der Waals surface area (Å²) >= 11 is 0. The van der Waals surface area contributed by atoms with E-state index in [1.807, 2.05) is 60.7 Å². The Morgan fingerprint density at radius 1 is 0.658 bits per heavy atom. The number of carbonyl (C=O) groups is 4. The molecule has 10 heteroatoms. The van der Waals surface area contributed by atoms with Gasteiger partial charge in [0.1, 0.15) is 0 Å². The summed E-state index contributed by atoms with van der Waals surface area (Å²) in [7, 11) is 0. The quantitative estimate of drug-likeness (QED) is 0.213. The highest BCUT2D eigenvalue weighted by Crippen LogP contribution is 2.43. The van der Waals surface area contributed by atoms with Crippen molar-refractivity contribution < 1.29 is 38.1 Å². The van der Waals surface area contributed by atoms with Gasteiger partial charge < -0.3 is 18.9 Å². The van der Waals surface area contributed by atoms with Gasteiger partial charge in [-0.25, -0.2) is 0 Å². The lowest BCUT2D eigenvalue weighted by molar-refractivity contribution is -0.211. The first-order chi connectivity index (χ1) is 18.3. The molecule has 38 heavy (non-hydrogen) atoms. The van der Waals surface area contributed by atoms with Crippen molar-refractivity contribution in [3.05, 3.63) is 71.8 Å². The Kier molecular flexibility index (Phi) is 10.8. The molecule has 1 aliphatic carbocycles. The lowest BCUT2D eigenvalue weighted by atomic mass is 9.69. The van der Waals surface area contributed by atoms with Gasteiger partial charge in [-0.2, -0.15) is 0 Å². The van der Waals surface area contributed by atoms with Crippen molar-refractivity contribution in [1.29, 1.82) is 0 Å². The molecule has 0 heterocycles. The number of hydrogen-bond donors (Lipinski definition) is 2. The highest BCUT2D eigenvalue weighted by Gasteiger charge is 2.55. The van der Waals surface area contributed by atoms with Gasteiger partial charge in [-0.3, -0.25) is 30.6 Å².